The monoisotopic (exact) mass is 287 g/mol. The number of carbonyl (C=O) groups excluding carboxylic acids is 1. The van der Waals surface area contributed by atoms with Crippen molar-refractivity contribution in [2.75, 3.05) is 0 Å². The van der Waals surface area contributed by atoms with Gasteiger partial charge in [0.2, 0.25) is 5.76 Å². The molecule has 2 bridgehead atoms. The molecular weight excluding hydrogens is 270 g/mol. The highest BCUT2D eigenvalue weighted by Crippen LogP contribution is 2.27. The van der Waals surface area contributed by atoms with Gasteiger partial charge in [-0.3, -0.25) is 4.79 Å². The number of nitrogens with zero attached hydrogens (tertiary/aromatic N) is 1. The largest absolute Gasteiger partial charge is 0.461 e. The zero-order valence-corrected chi connectivity index (χ0v) is 11.5. The van der Waals surface area contributed by atoms with Crippen LogP contribution in [0.25, 0.3) is 11.5 Å². The van der Waals surface area contributed by atoms with Crippen LogP contribution in [0, 0.1) is 0 Å². The first-order chi connectivity index (χ1) is 10.3. The highest BCUT2D eigenvalue weighted by atomic mass is 16.5. The van der Waals surface area contributed by atoms with E-state index in [1.165, 1.54) is 12.8 Å². The molecule has 4 rings (SSSR count). The summed E-state index contributed by atoms with van der Waals surface area (Å²) in [5.74, 6) is 0.861. The van der Waals surface area contributed by atoms with Gasteiger partial charge in [0, 0.05) is 24.2 Å². The topological polar surface area (TPSA) is 80.3 Å². The second-order valence-electron chi connectivity index (χ2n) is 5.83. The number of amides is 1. The van der Waals surface area contributed by atoms with Gasteiger partial charge >= 0.3 is 0 Å². The number of fused-ring (bicyclic) bond motifs is 2. The van der Waals surface area contributed by atoms with Crippen molar-refractivity contribution in [1.82, 2.24) is 15.8 Å². The Morgan fingerprint density at radius 3 is 2.81 bits per heavy atom. The first-order valence-corrected chi connectivity index (χ1v) is 7.35. The van der Waals surface area contributed by atoms with Crippen LogP contribution >= 0.6 is 0 Å². The molecule has 2 fully saturated rings. The van der Waals surface area contributed by atoms with Gasteiger partial charge in [-0.2, -0.15) is 0 Å². The Morgan fingerprint density at radius 1 is 1.29 bits per heavy atom. The molecular formula is C15H17N3O3. The number of hydrogen-bond acceptors (Lipinski definition) is 5. The van der Waals surface area contributed by atoms with E-state index in [1.807, 2.05) is 0 Å². The normalized spacial score (nSPS) is 27.7. The molecule has 2 unspecified atom stereocenters. The minimum Gasteiger partial charge on any atom is -0.461 e. The van der Waals surface area contributed by atoms with Crippen LogP contribution in [-0.2, 0) is 0 Å². The average Bonchev–Trinajstić information content (AvgIpc) is 3.18. The summed E-state index contributed by atoms with van der Waals surface area (Å²) in [5.41, 5.74) is 0.298. The van der Waals surface area contributed by atoms with E-state index < -0.39 is 0 Å². The molecule has 2 aromatic rings. The van der Waals surface area contributed by atoms with E-state index >= 15 is 0 Å². The van der Waals surface area contributed by atoms with Crippen molar-refractivity contribution in [2.24, 2.45) is 0 Å². The molecule has 2 aliphatic heterocycles. The molecule has 1 amide bonds. The number of aromatic nitrogens is 1. The summed E-state index contributed by atoms with van der Waals surface area (Å²) in [4.78, 5) is 12.2. The number of nitrogens with one attached hydrogen (secondary N) is 2. The van der Waals surface area contributed by atoms with Gasteiger partial charge in [-0.15, -0.1) is 0 Å². The van der Waals surface area contributed by atoms with Gasteiger partial charge in [0.15, 0.2) is 11.5 Å². The first-order valence-electron chi connectivity index (χ1n) is 7.35. The fourth-order valence-corrected chi connectivity index (χ4v) is 3.35. The summed E-state index contributed by atoms with van der Waals surface area (Å²) in [6.45, 7) is 0. The first kappa shape index (κ1) is 12.6. The Balaban J connectivity index is 1.43. The van der Waals surface area contributed by atoms with Crippen molar-refractivity contribution >= 4 is 5.91 Å². The molecule has 0 spiro atoms. The maximum absolute atomic E-state index is 12.2. The minimum absolute atomic E-state index is 0.178. The molecule has 21 heavy (non-hydrogen) atoms. The van der Waals surface area contributed by atoms with Crippen LogP contribution in [0.5, 0.6) is 0 Å². The molecule has 2 aliphatic rings. The number of hydrogen-bond donors (Lipinski definition) is 2. The predicted octanol–water partition coefficient (Wildman–Crippen LogP) is 1.95. The smallest absolute Gasteiger partial charge is 0.273 e. The van der Waals surface area contributed by atoms with Crippen molar-refractivity contribution in [2.45, 2.75) is 43.8 Å². The maximum Gasteiger partial charge on any atom is 0.273 e. The highest BCUT2D eigenvalue weighted by Gasteiger charge is 2.34. The maximum atomic E-state index is 12.2. The van der Waals surface area contributed by atoms with E-state index in [1.54, 1.807) is 24.5 Å². The summed E-state index contributed by atoms with van der Waals surface area (Å²) in [6.07, 6.45) is 5.96. The van der Waals surface area contributed by atoms with E-state index in [9.17, 15) is 4.79 Å². The minimum atomic E-state index is -0.178. The van der Waals surface area contributed by atoms with Crippen molar-refractivity contribution in [3.05, 3.63) is 30.2 Å². The van der Waals surface area contributed by atoms with Gasteiger partial charge in [-0.25, -0.2) is 0 Å². The molecule has 6 heteroatoms. The third kappa shape index (κ3) is 2.47. The Kier molecular flexibility index (Phi) is 3.03. The average molecular weight is 287 g/mol. The van der Waals surface area contributed by atoms with E-state index in [2.05, 4.69) is 15.8 Å². The molecule has 0 aliphatic carbocycles. The zero-order chi connectivity index (χ0) is 14.2. The molecule has 2 saturated heterocycles. The van der Waals surface area contributed by atoms with Gasteiger partial charge < -0.3 is 19.6 Å². The summed E-state index contributed by atoms with van der Waals surface area (Å²) >= 11 is 0. The van der Waals surface area contributed by atoms with Gasteiger partial charge in [-0.05, 0) is 37.8 Å². The third-order valence-corrected chi connectivity index (χ3v) is 4.32. The van der Waals surface area contributed by atoms with Crippen LogP contribution in [0.15, 0.2) is 33.4 Å². The predicted molar refractivity (Wildman–Crippen MR) is 74.6 cm³/mol. The summed E-state index contributed by atoms with van der Waals surface area (Å²) < 4.78 is 10.4. The number of furan rings is 1. The van der Waals surface area contributed by atoms with Crippen molar-refractivity contribution < 1.29 is 13.7 Å². The lowest BCUT2D eigenvalue weighted by Gasteiger charge is -2.29. The van der Waals surface area contributed by atoms with E-state index in [0.29, 0.717) is 29.3 Å². The Hall–Kier alpha value is -2.08. The van der Waals surface area contributed by atoms with E-state index in [0.717, 1.165) is 12.8 Å². The van der Waals surface area contributed by atoms with Crippen molar-refractivity contribution in [3.8, 4) is 11.5 Å². The van der Waals surface area contributed by atoms with E-state index in [-0.39, 0.29) is 11.9 Å². The molecule has 110 valence electrons. The summed E-state index contributed by atoms with van der Waals surface area (Å²) in [5, 5.41) is 10.4. The molecule has 4 heterocycles. The molecule has 2 N–H and O–H groups in total. The lowest BCUT2D eigenvalue weighted by atomic mass is 10.00. The molecule has 2 atom stereocenters. The molecule has 0 saturated carbocycles. The van der Waals surface area contributed by atoms with E-state index in [4.69, 9.17) is 8.94 Å². The van der Waals surface area contributed by atoms with Crippen LogP contribution in [0.3, 0.4) is 0 Å². The third-order valence-electron chi connectivity index (χ3n) is 4.32. The number of carbonyl (C=O) groups is 1. The Morgan fingerprint density at radius 2 is 2.10 bits per heavy atom. The fraction of sp³-hybridized carbons (Fsp3) is 0.467. The Labute approximate surface area is 121 Å². The number of piperidine rings is 1. The van der Waals surface area contributed by atoms with Crippen LogP contribution in [0.4, 0.5) is 0 Å². The SMILES string of the molecule is O=C(NC1CC2CCC(C1)N2)c1cc(-c2ccco2)on1. The quantitative estimate of drug-likeness (QED) is 0.902. The molecule has 2 aromatic heterocycles. The van der Waals surface area contributed by atoms with Gasteiger partial charge in [0.1, 0.15) is 0 Å². The Bertz CT molecular complexity index is 622. The van der Waals surface area contributed by atoms with Crippen LogP contribution in [-0.4, -0.2) is 29.2 Å². The standard InChI is InChI=1S/C15H17N3O3/c19-15(17-11-6-9-3-4-10(7-11)16-9)12-8-14(21-18-12)13-2-1-5-20-13/h1-2,5,8-11,16H,3-4,6-7H2,(H,17,19). The molecule has 0 radical (unpaired) electrons. The van der Waals surface area contributed by atoms with Crippen LogP contribution < -0.4 is 10.6 Å². The lowest BCUT2D eigenvalue weighted by Crippen LogP contribution is -2.48. The highest BCUT2D eigenvalue weighted by molar-refractivity contribution is 5.93. The van der Waals surface area contributed by atoms with Gasteiger partial charge in [0.05, 0.1) is 6.26 Å². The second kappa shape index (κ2) is 5.04. The van der Waals surface area contributed by atoms with Crippen LogP contribution in [0.2, 0.25) is 0 Å². The lowest BCUT2D eigenvalue weighted by molar-refractivity contribution is 0.0915. The molecule has 6 nitrogen and oxygen atoms in total. The second-order valence-corrected chi connectivity index (χ2v) is 5.83. The summed E-state index contributed by atoms with van der Waals surface area (Å²) in [6, 6.07) is 6.47. The van der Waals surface area contributed by atoms with Gasteiger partial charge in [0.25, 0.3) is 5.91 Å². The zero-order valence-electron chi connectivity index (χ0n) is 11.5. The molecule has 0 aromatic carbocycles. The van der Waals surface area contributed by atoms with Crippen LogP contribution in [0.1, 0.15) is 36.2 Å². The van der Waals surface area contributed by atoms with Gasteiger partial charge in [-0.1, -0.05) is 5.16 Å². The van der Waals surface area contributed by atoms with Crippen molar-refractivity contribution in [1.29, 1.82) is 0 Å². The fourth-order valence-electron chi connectivity index (χ4n) is 3.35. The number of rotatable bonds is 3. The van der Waals surface area contributed by atoms with Crippen molar-refractivity contribution in [3.63, 3.8) is 0 Å². The summed E-state index contributed by atoms with van der Waals surface area (Å²) in [7, 11) is 0.